The minimum Gasteiger partial charge on any atom is -0.497 e. The van der Waals surface area contributed by atoms with Crippen LogP contribution >= 0.6 is 0 Å². The van der Waals surface area contributed by atoms with Crippen LogP contribution in [0.2, 0.25) is 0 Å². The molecule has 0 aromatic heterocycles. The van der Waals surface area contributed by atoms with Crippen molar-refractivity contribution in [3.8, 4) is 5.75 Å². The van der Waals surface area contributed by atoms with Gasteiger partial charge in [-0.1, -0.05) is 55.5 Å². The van der Waals surface area contributed by atoms with Gasteiger partial charge in [0.15, 0.2) is 0 Å². The molecule has 0 fully saturated rings. The van der Waals surface area contributed by atoms with Crippen LogP contribution in [0.25, 0.3) is 10.8 Å². The molecular weight excluding hydrogens is 466 g/mol. The van der Waals surface area contributed by atoms with Crippen LogP contribution < -0.4 is 14.4 Å². The molecule has 3 aromatic rings. The van der Waals surface area contributed by atoms with Crippen molar-refractivity contribution in [1.82, 2.24) is 10.2 Å². The number of hydrogen-bond acceptors (Lipinski definition) is 5. The van der Waals surface area contributed by atoms with Crippen molar-refractivity contribution in [2.75, 3.05) is 31.3 Å². The molecule has 2 amide bonds. The van der Waals surface area contributed by atoms with E-state index in [9.17, 15) is 18.0 Å². The van der Waals surface area contributed by atoms with Gasteiger partial charge in [0, 0.05) is 19.0 Å². The molecule has 186 valence electrons. The molecule has 0 saturated heterocycles. The van der Waals surface area contributed by atoms with Crippen molar-refractivity contribution >= 4 is 38.3 Å². The van der Waals surface area contributed by atoms with Crippen molar-refractivity contribution < 1.29 is 22.7 Å². The van der Waals surface area contributed by atoms with E-state index in [2.05, 4.69) is 5.32 Å². The normalized spacial score (nSPS) is 12.1. The molecule has 9 heteroatoms. The van der Waals surface area contributed by atoms with E-state index in [4.69, 9.17) is 4.74 Å². The van der Waals surface area contributed by atoms with Gasteiger partial charge in [-0.15, -0.1) is 0 Å². The Morgan fingerprint density at radius 1 is 1.00 bits per heavy atom. The van der Waals surface area contributed by atoms with Crippen molar-refractivity contribution in [2.45, 2.75) is 25.9 Å². The number of benzene rings is 3. The monoisotopic (exact) mass is 497 g/mol. The SMILES string of the molecule is CCC(C(=O)NC)N(Cc1ccc(OC)cc1)C(=O)CN(c1cccc2ccccc12)S(C)(=O)=O. The first-order chi connectivity index (χ1) is 16.7. The van der Waals surface area contributed by atoms with Crippen LogP contribution in [-0.2, 0) is 26.2 Å². The number of methoxy groups -OCH3 is 1. The summed E-state index contributed by atoms with van der Waals surface area (Å²) < 4.78 is 32.0. The number of anilines is 1. The van der Waals surface area contributed by atoms with E-state index < -0.39 is 28.5 Å². The maximum Gasteiger partial charge on any atom is 0.244 e. The number of hydrogen-bond donors (Lipinski definition) is 1. The summed E-state index contributed by atoms with van der Waals surface area (Å²) in [6, 6.07) is 19.1. The second kappa shape index (κ2) is 11.2. The fourth-order valence-corrected chi connectivity index (χ4v) is 4.90. The maximum absolute atomic E-state index is 13.7. The van der Waals surface area contributed by atoms with Gasteiger partial charge >= 0.3 is 0 Å². The number of carbonyl (C=O) groups excluding carboxylic acids is 2. The summed E-state index contributed by atoms with van der Waals surface area (Å²) in [7, 11) is -0.729. The third-order valence-corrected chi connectivity index (χ3v) is 6.99. The quantitative estimate of drug-likeness (QED) is 0.464. The Kier molecular flexibility index (Phi) is 8.34. The topological polar surface area (TPSA) is 96.0 Å². The van der Waals surface area contributed by atoms with E-state index in [-0.39, 0.29) is 12.5 Å². The molecule has 3 rings (SSSR count). The number of nitrogens with one attached hydrogen (secondary N) is 1. The predicted molar refractivity (Wildman–Crippen MR) is 138 cm³/mol. The van der Waals surface area contributed by atoms with Crippen molar-refractivity contribution in [3.05, 3.63) is 72.3 Å². The molecule has 1 N–H and O–H groups in total. The van der Waals surface area contributed by atoms with Gasteiger partial charge in [0.25, 0.3) is 0 Å². The van der Waals surface area contributed by atoms with Crippen LogP contribution in [0.1, 0.15) is 18.9 Å². The van der Waals surface area contributed by atoms with E-state index in [0.29, 0.717) is 23.2 Å². The first-order valence-corrected chi connectivity index (χ1v) is 13.1. The second-order valence-corrected chi connectivity index (χ2v) is 10.1. The molecule has 35 heavy (non-hydrogen) atoms. The number of fused-ring (bicyclic) bond motifs is 1. The molecule has 0 aliphatic heterocycles. The lowest BCUT2D eigenvalue weighted by Gasteiger charge is -2.32. The van der Waals surface area contributed by atoms with Crippen molar-refractivity contribution in [2.24, 2.45) is 0 Å². The smallest absolute Gasteiger partial charge is 0.244 e. The second-order valence-electron chi connectivity index (χ2n) is 8.18. The number of ether oxygens (including phenoxy) is 1. The van der Waals surface area contributed by atoms with Gasteiger partial charge in [-0.3, -0.25) is 13.9 Å². The molecule has 1 unspecified atom stereocenters. The maximum atomic E-state index is 13.7. The highest BCUT2D eigenvalue weighted by atomic mass is 32.2. The Morgan fingerprint density at radius 3 is 2.26 bits per heavy atom. The first kappa shape index (κ1) is 26.0. The van der Waals surface area contributed by atoms with Gasteiger partial charge in [0.1, 0.15) is 18.3 Å². The van der Waals surface area contributed by atoms with Crippen molar-refractivity contribution in [1.29, 1.82) is 0 Å². The van der Waals surface area contributed by atoms with Gasteiger partial charge in [-0.2, -0.15) is 0 Å². The van der Waals surface area contributed by atoms with E-state index >= 15 is 0 Å². The highest BCUT2D eigenvalue weighted by Crippen LogP contribution is 2.29. The van der Waals surface area contributed by atoms with Gasteiger partial charge in [0.05, 0.1) is 19.1 Å². The van der Waals surface area contributed by atoms with Crippen LogP contribution in [0.4, 0.5) is 5.69 Å². The molecule has 3 aromatic carbocycles. The lowest BCUT2D eigenvalue weighted by molar-refractivity contribution is -0.140. The molecule has 0 radical (unpaired) electrons. The van der Waals surface area contributed by atoms with Crippen LogP contribution in [0.5, 0.6) is 5.75 Å². The summed E-state index contributed by atoms with van der Waals surface area (Å²) >= 11 is 0. The van der Waals surface area contributed by atoms with Crippen LogP contribution in [-0.4, -0.2) is 58.1 Å². The molecule has 0 aliphatic carbocycles. The lowest BCUT2D eigenvalue weighted by Crippen LogP contribution is -2.51. The minimum absolute atomic E-state index is 0.141. The summed E-state index contributed by atoms with van der Waals surface area (Å²) in [5.74, 6) is -0.121. The van der Waals surface area contributed by atoms with E-state index in [1.54, 1.807) is 31.4 Å². The Morgan fingerprint density at radius 2 is 1.66 bits per heavy atom. The zero-order chi connectivity index (χ0) is 25.6. The summed E-state index contributed by atoms with van der Waals surface area (Å²) in [5.41, 5.74) is 1.20. The lowest BCUT2D eigenvalue weighted by atomic mass is 10.1. The summed E-state index contributed by atoms with van der Waals surface area (Å²) in [6.07, 6.45) is 1.45. The fourth-order valence-electron chi connectivity index (χ4n) is 4.03. The van der Waals surface area contributed by atoms with Gasteiger partial charge < -0.3 is 15.0 Å². The van der Waals surface area contributed by atoms with Crippen LogP contribution in [0.15, 0.2) is 66.7 Å². The van der Waals surface area contributed by atoms with E-state index in [1.165, 1.54) is 11.9 Å². The molecule has 8 nitrogen and oxygen atoms in total. The van der Waals surface area contributed by atoms with E-state index in [0.717, 1.165) is 21.5 Å². The highest BCUT2D eigenvalue weighted by molar-refractivity contribution is 7.92. The molecular formula is C26H31N3O5S. The number of rotatable bonds is 10. The molecule has 1 atom stereocenters. The Hall–Kier alpha value is -3.59. The van der Waals surface area contributed by atoms with Crippen molar-refractivity contribution in [3.63, 3.8) is 0 Å². The first-order valence-electron chi connectivity index (χ1n) is 11.3. The zero-order valence-electron chi connectivity index (χ0n) is 20.4. The summed E-state index contributed by atoms with van der Waals surface area (Å²) in [4.78, 5) is 27.8. The van der Waals surface area contributed by atoms with Gasteiger partial charge in [0.2, 0.25) is 21.8 Å². The predicted octanol–water partition coefficient (Wildman–Crippen LogP) is 3.17. The third kappa shape index (κ3) is 6.10. The van der Waals surface area contributed by atoms with Gasteiger partial charge in [-0.05, 0) is 35.6 Å². The zero-order valence-corrected chi connectivity index (χ0v) is 21.2. The number of nitrogens with zero attached hydrogens (tertiary/aromatic N) is 2. The average Bonchev–Trinajstić information content (AvgIpc) is 2.86. The number of amides is 2. The number of sulfonamides is 1. The fraction of sp³-hybridized carbons (Fsp3) is 0.308. The number of carbonyl (C=O) groups is 2. The molecule has 0 aliphatic rings. The molecule has 0 bridgehead atoms. The van der Waals surface area contributed by atoms with Crippen LogP contribution in [0.3, 0.4) is 0 Å². The standard InChI is InChI=1S/C26H31N3O5S/c1-5-23(26(31)27-2)28(17-19-13-15-21(34-3)16-14-19)25(30)18-29(35(4,32)33)24-12-8-10-20-9-6-7-11-22(20)24/h6-16,23H,5,17-18H2,1-4H3,(H,27,31). The molecule has 0 spiro atoms. The largest absolute Gasteiger partial charge is 0.497 e. The van der Waals surface area contributed by atoms with Gasteiger partial charge in [-0.25, -0.2) is 8.42 Å². The highest BCUT2D eigenvalue weighted by Gasteiger charge is 2.31. The molecule has 0 heterocycles. The summed E-state index contributed by atoms with van der Waals surface area (Å²) in [5, 5.41) is 4.19. The Labute approximate surface area is 206 Å². The van der Waals surface area contributed by atoms with Crippen LogP contribution in [0, 0.1) is 0 Å². The Balaban J connectivity index is 2.01. The Bertz CT molecular complexity index is 1290. The average molecular weight is 498 g/mol. The summed E-state index contributed by atoms with van der Waals surface area (Å²) in [6.45, 7) is 1.52. The third-order valence-electron chi connectivity index (χ3n) is 5.86. The molecule has 0 saturated carbocycles. The minimum atomic E-state index is -3.81. The number of likely N-dealkylation sites (N-methyl/N-ethyl adjacent to an activating group) is 1. The van der Waals surface area contributed by atoms with E-state index in [1.807, 2.05) is 49.4 Å².